The Morgan fingerprint density at radius 2 is 1.71 bits per heavy atom. The summed E-state index contributed by atoms with van der Waals surface area (Å²) in [4.78, 5) is 30.6. The first-order chi connectivity index (χ1) is 5.93. The molecule has 14 heavy (non-hydrogen) atoms. The molecule has 0 saturated heterocycles. The van der Waals surface area contributed by atoms with E-state index in [9.17, 15) is 24.6 Å². The molecule has 0 aliphatic carbocycles. The molecule has 3 N–H and O–H groups in total. The second-order valence-electron chi connectivity index (χ2n) is 2.27. The Hall–Kier alpha value is -1.11. The van der Waals surface area contributed by atoms with Gasteiger partial charge in [0.2, 0.25) is 5.91 Å². The SMILES string of the molecule is N[C@@H](CC(=O)[O-])C(=O)NCC(=O)[O-].[Fe+2]. The summed E-state index contributed by atoms with van der Waals surface area (Å²) in [6, 6.07) is -1.30. The third-order valence-corrected chi connectivity index (χ3v) is 1.13. The summed E-state index contributed by atoms with van der Waals surface area (Å²) in [6.07, 6.45) is -0.654. The zero-order valence-corrected chi connectivity index (χ0v) is 8.07. The average molecular weight is 244 g/mol. The van der Waals surface area contributed by atoms with Gasteiger partial charge >= 0.3 is 17.1 Å². The predicted octanol–water partition coefficient (Wildman–Crippen LogP) is -4.68. The van der Waals surface area contributed by atoms with Crippen molar-refractivity contribution in [3.8, 4) is 0 Å². The van der Waals surface area contributed by atoms with E-state index in [-0.39, 0.29) is 17.1 Å². The van der Waals surface area contributed by atoms with Crippen LogP contribution in [0.5, 0.6) is 0 Å². The van der Waals surface area contributed by atoms with E-state index in [1.807, 2.05) is 5.32 Å². The summed E-state index contributed by atoms with van der Waals surface area (Å²) >= 11 is 0. The van der Waals surface area contributed by atoms with Crippen molar-refractivity contribution in [1.29, 1.82) is 0 Å². The normalized spacial score (nSPS) is 10.9. The van der Waals surface area contributed by atoms with Gasteiger partial charge < -0.3 is 30.9 Å². The Kier molecular flexibility index (Phi) is 8.02. The van der Waals surface area contributed by atoms with Gasteiger partial charge in [-0.2, -0.15) is 0 Å². The van der Waals surface area contributed by atoms with E-state index in [0.717, 1.165) is 0 Å². The van der Waals surface area contributed by atoms with Gasteiger partial charge in [-0.25, -0.2) is 0 Å². The molecule has 80 valence electrons. The molecule has 0 aromatic rings. The van der Waals surface area contributed by atoms with Gasteiger partial charge in [0.25, 0.3) is 0 Å². The van der Waals surface area contributed by atoms with E-state index in [1.54, 1.807) is 0 Å². The average Bonchev–Trinajstić information content (AvgIpc) is 1.98. The largest absolute Gasteiger partial charge is 2.00 e. The molecular weight excluding hydrogens is 236 g/mol. The molecule has 1 amide bonds. The van der Waals surface area contributed by atoms with Crippen LogP contribution in [0.15, 0.2) is 0 Å². The summed E-state index contributed by atoms with van der Waals surface area (Å²) in [5.41, 5.74) is 5.06. The summed E-state index contributed by atoms with van der Waals surface area (Å²) in [5, 5.41) is 21.7. The third kappa shape index (κ3) is 7.53. The smallest absolute Gasteiger partial charge is 0.550 e. The van der Waals surface area contributed by atoms with E-state index in [0.29, 0.717) is 0 Å². The van der Waals surface area contributed by atoms with Crippen LogP contribution in [0.4, 0.5) is 0 Å². The van der Waals surface area contributed by atoms with E-state index >= 15 is 0 Å². The first-order valence-electron chi connectivity index (χ1n) is 3.36. The Balaban J connectivity index is 0. The third-order valence-electron chi connectivity index (χ3n) is 1.13. The van der Waals surface area contributed by atoms with Crippen LogP contribution in [0, 0.1) is 0 Å². The van der Waals surface area contributed by atoms with Gasteiger partial charge in [-0.05, 0) is 0 Å². The van der Waals surface area contributed by atoms with E-state index < -0.39 is 36.9 Å². The van der Waals surface area contributed by atoms with Crippen molar-refractivity contribution in [1.82, 2.24) is 5.32 Å². The minimum Gasteiger partial charge on any atom is -0.550 e. The Bertz CT molecular complexity index is 232. The fourth-order valence-electron chi connectivity index (χ4n) is 0.563. The number of aliphatic carboxylic acids is 2. The second-order valence-corrected chi connectivity index (χ2v) is 2.27. The van der Waals surface area contributed by atoms with E-state index in [4.69, 9.17) is 5.73 Å². The Morgan fingerprint density at radius 3 is 2.07 bits per heavy atom. The number of carboxylic acids is 2. The van der Waals surface area contributed by atoms with Crippen LogP contribution in [0.25, 0.3) is 0 Å². The first kappa shape index (κ1) is 15.4. The molecule has 0 heterocycles. The summed E-state index contributed by atoms with van der Waals surface area (Å²) in [5.74, 6) is -3.82. The standard InChI is InChI=1S/C6H10N2O5.Fe/c7-3(1-4(9)10)6(13)8-2-5(11)12;/h3H,1-2,7H2,(H,8,13)(H,9,10)(H,11,12);/q;+2/p-2/t3-;/m0./s1. The fraction of sp³-hybridized carbons (Fsp3) is 0.500. The molecule has 0 spiro atoms. The van der Waals surface area contributed by atoms with Crippen LogP contribution in [0.3, 0.4) is 0 Å². The molecule has 0 radical (unpaired) electrons. The summed E-state index contributed by atoms with van der Waals surface area (Å²) < 4.78 is 0. The molecule has 8 heteroatoms. The van der Waals surface area contributed by atoms with Crippen LogP contribution < -0.4 is 21.3 Å². The van der Waals surface area contributed by atoms with Crippen molar-refractivity contribution >= 4 is 17.8 Å². The number of hydrogen-bond acceptors (Lipinski definition) is 6. The summed E-state index contributed by atoms with van der Waals surface area (Å²) in [6.45, 7) is -0.695. The molecule has 0 bridgehead atoms. The van der Waals surface area contributed by atoms with Gasteiger partial charge in [-0.1, -0.05) is 0 Å². The molecule has 0 aliphatic rings. The number of nitrogens with two attached hydrogens (primary N) is 1. The minimum absolute atomic E-state index is 0. The maximum absolute atomic E-state index is 10.8. The molecular formula is C6H8FeN2O5. The molecule has 1 atom stereocenters. The topological polar surface area (TPSA) is 135 Å². The minimum atomic E-state index is -1.48. The number of hydrogen-bond donors (Lipinski definition) is 2. The predicted molar refractivity (Wildman–Crippen MR) is 35.6 cm³/mol. The molecule has 0 aliphatic heterocycles. The van der Waals surface area contributed by atoms with Gasteiger partial charge in [0.15, 0.2) is 0 Å². The van der Waals surface area contributed by atoms with Crippen molar-refractivity contribution in [3.63, 3.8) is 0 Å². The van der Waals surface area contributed by atoms with Crippen molar-refractivity contribution in [2.45, 2.75) is 12.5 Å². The van der Waals surface area contributed by atoms with Crippen molar-refractivity contribution in [2.24, 2.45) is 5.73 Å². The van der Waals surface area contributed by atoms with Crippen LogP contribution in [-0.2, 0) is 31.5 Å². The molecule has 0 saturated carbocycles. The van der Waals surface area contributed by atoms with Gasteiger partial charge in [-0.3, -0.25) is 4.79 Å². The van der Waals surface area contributed by atoms with Crippen LogP contribution in [0.2, 0.25) is 0 Å². The maximum Gasteiger partial charge on any atom is 2.00 e. The molecule has 0 unspecified atom stereocenters. The van der Waals surface area contributed by atoms with Crippen LogP contribution in [-0.4, -0.2) is 30.4 Å². The van der Waals surface area contributed by atoms with Gasteiger partial charge in [0.05, 0.1) is 18.6 Å². The molecule has 7 nitrogen and oxygen atoms in total. The molecule has 0 aromatic heterocycles. The zero-order valence-electron chi connectivity index (χ0n) is 6.96. The Morgan fingerprint density at radius 1 is 1.21 bits per heavy atom. The van der Waals surface area contributed by atoms with Crippen molar-refractivity contribution in [3.05, 3.63) is 0 Å². The maximum atomic E-state index is 10.8. The molecule has 0 rings (SSSR count). The van der Waals surface area contributed by atoms with Gasteiger partial charge in [0, 0.05) is 12.4 Å². The monoisotopic (exact) mass is 244 g/mol. The van der Waals surface area contributed by atoms with Crippen molar-refractivity contribution in [2.75, 3.05) is 6.54 Å². The number of rotatable bonds is 5. The number of nitrogens with one attached hydrogen (secondary N) is 1. The van der Waals surface area contributed by atoms with E-state index in [2.05, 4.69) is 0 Å². The zero-order chi connectivity index (χ0) is 10.4. The number of carbonyl (C=O) groups is 3. The van der Waals surface area contributed by atoms with Crippen molar-refractivity contribution < 1.29 is 41.7 Å². The quantitative estimate of drug-likeness (QED) is 0.466. The van der Waals surface area contributed by atoms with Gasteiger partial charge in [-0.15, -0.1) is 0 Å². The first-order valence-corrected chi connectivity index (χ1v) is 3.36. The summed E-state index contributed by atoms with van der Waals surface area (Å²) in [7, 11) is 0. The number of amides is 1. The Labute approximate surface area is 90.1 Å². The van der Waals surface area contributed by atoms with Crippen LogP contribution >= 0.6 is 0 Å². The fourth-order valence-corrected chi connectivity index (χ4v) is 0.563. The second kappa shape index (κ2) is 7.31. The molecule has 0 aromatic carbocycles. The van der Waals surface area contributed by atoms with Crippen LogP contribution in [0.1, 0.15) is 6.42 Å². The number of carbonyl (C=O) groups excluding carboxylic acids is 3. The van der Waals surface area contributed by atoms with E-state index in [1.165, 1.54) is 0 Å². The van der Waals surface area contributed by atoms with Gasteiger partial charge in [0.1, 0.15) is 0 Å². The number of carboxylic acid groups (broad SMARTS) is 2. The molecule has 0 fully saturated rings.